The minimum atomic E-state index is -4.93. The van der Waals surface area contributed by atoms with Gasteiger partial charge in [-0.2, -0.15) is 31.4 Å². The minimum Gasteiger partial charge on any atom is -0.371 e. The molecule has 1 aliphatic heterocycles. The Bertz CT molecular complexity index is 1540. The van der Waals surface area contributed by atoms with Crippen LogP contribution in [0.3, 0.4) is 0 Å². The number of para-hydroxylation sites is 1. The van der Waals surface area contributed by atoms with Crippen LogP contribution in [0.25, 0.3) is 0 Å². The van der Waals surface area contributed by atoms with Gasteiger partial charge >= 0.3 is 18.0 Å². The van der Waals surface area contributed by atoms with Crippen molar-refractivity contribution in [1.29, 1.82) is 0 Å². The number of anilines is 1. The highest BCUT2D eigenvalue weighted by Crippen LogP contribution is 2.36. The first-order valence-corrected chi connectivity index (χ1v) is 13.8. The van der Waals surface area contributed by atoms with Crippen LogP contribution in [0.1, 0.15) is 46.5 Å². The van der Waals surface area contributed by atoms with E-state index in [0.717, 1.165) is 43.6 Å². The lowest BCUT2D eigenvalue weighted by atomic mass is 10.0. The van der Waals surface area contributed by atoms with E-state index in [1.165, 1.54) is 20.5 Å². The number of benzene rings is 3. The molecular weight excluding hydrogens is 558 g/mol. The summed E-state index contributed by atoms with van der Waals surface area (Å²) >= 11 is 0. The van der Waals surface area contributed by atoms with Gasteiger partial charge in [-0.1, -0.05) is 48.5 Å². The number of halogens is 6. The highest BCUT2D eigenvalue weighted by Gasteiger charge is 2.36. The van der Waals surface area contributed by atoms with Gasteiger partial charge in [0.1, 0.15) is 5.82 Å². The average Bonchev–Trinajstić information content (AvgIpc) is 3.25. The first-order valence-electron chi connectivity index (χ1n) is 13.8. The Morgan fingerprint density at radius 3 is 2.12 bits per heavy atom. The Hall–Kier alpha value is -4.02. The Labute approximate surface area is 239 Å². The second kappa shape index (κ2) is 12.1. The van der Waals surface area contributed by atoms with E-state index < -0.39 is 23.5 Å². The van der Waals surface area contributed by atoms with Gasteiger partial charge in [0.05, 0.1) is 17.7 Å². The molecule has 11 heteroatoms. The van der Waals surface area contributed by atoms with Gasteiger partial charge in [-0.25, -0.2) is 9.48 Å². The van der Waals surface area contributed by atoms with E-state index >= 15 is 0 Å². The molecule has 2 heterocycles. The maximum absolute atomic E-state index is 13.4. The fourth-order valence-corrected chi connectivity index (χ4v) is 5.42. The van der Waals surface area contributed by atoms with Gasteiger partial charge < -0.3 is 4.90 Å². The summed E-state index contributed by atoms with van der Waals surface area (Å²) < 4.78 is 83.0. The van der Waals surface area contributed by atoms with Crippen molar-refractivity contribution in [2.45, 2.75) is 57.5 Å². The smallest absolute Gasteiger partial charge is 0.371 e. The zero-order chi connectivity index (χ0) is 29.9. The molecule has 0 fully saturated rings. The summed E-state index contributed by atoms with van der Waals surface area (Å²) in [5.74, 6) is 0.304. The number of alkyl halides is 6. The van der Waals surface area contributed by atoms with E-state index in [2.05, 4.69) is 22.1 Å². The Morgan fingerprint density at radius 1 is 0.762 bits per heavy atom. The van der Waals surface area contributed by atoms with Crippen molar-refractivity contribution >= 4 is 5.69 Å². The quantitative estimate of drug-likeness (QED) is 0.203. The Morgan fingerprint density at radius 2 is 1.43 bits per heavy atom. The highest BCUT2D eigenvalue weighted by atomic mass is 19.4. The highest BCUT2D eigenvalue weighted by molar-refractivity contribution is 5.55. The average molecular weight is 589 g/mol. The molecular formula is C31H30F6N4O. The topological polar surface area (TPSA) is 43.1 Å². The van der Waals surface area contributed by atoms with Crippen LogP contribution in [0, 0.1) is 0 Å². The van der Waals surface area contributed by atoms with E-state index in [0.29, 0.717) is 18.8 Å². The zero-order valence-electron chi connectivity index (χ0n) is 22.8. The molecule has 0 saturated carbocycles. The normalized spacial score (nSPS) is 13.8. The predicted octanol–water partition coefficient (Wildman–Crippen LogP) is 6.76. The third-order valence-corrected chi connectivity index (χ3v) is 7.47. The van der Waals surface area contributed by atoms with Gasteiger partial charge in [-0.05, 0) is 66.6 Å². The fraction of sp³-hybridized carbons (Fsp3) is 0.355. The molecule has 0 saturated heterocycles. The summed E-state index contributed by atoms with van der Waals surface area (Å²) in [5, 5.41) is 4.49. The third kappa shape index (κ3) is 6.88. The lowest BCUT2D eigenvalue weighted by Gasteiger charge is -2.31. The molecule has 0 N–H and O–H groups in total. The lowest BCUT2D eigenvalue weighted by molar-refractivity contribution is -0.143. The van der Waals surface area contributed by atoms with Gasteiger partial charge in [0.25, 0.3) is 0 Å². The van der Waals surface area contributed by atoms with Crippen molar-refractivity contribution < 1.29 is 26.3 Å². The summed E-state index contributed by atoms with van der Waals surface area (Å²) in [5.41, 5.74) is 0.0767. The van der Waals surface area contributed by atoms with Crippen molar-refractivity contribution in [3.8, 4) is 0 Å². The van der Waals surface area contributed by atoms with Gasteiger partial charge in [-0.15, -0.1) is 0 Å². The molecule has 0 aliphatic carbocycles. The van der Waals surface area contributed by atoms with Gasteiger partial charge in [0.15, 0.2) is 0 Å². The van der Waals surface area contributed by atoms with Crippen LogP contribution in [0.15, 0.2) is 77.6 Å². The number of hydrogen-bond donors (Lipinski definition) is 0. The molecule has 5 nitrogen and oxygen atoms in total. The summed E-state index contributed by atoms with van der Waals surface area (Å²) in [6, 6.07) is 18.9. The molecule has 0 unspecified atom stereocenters. The van der Waals surface area contributed by atoms with Crippen LogP contribution >= 0.6 is 0 Å². The second-order valence-corrected chi connectivity index (χ2v) is 10.5. The summed E-state index contributed by atoms with van der Waals surface area (Å²) in [4.78, 5) is 15.7. The van der Waals surface area contributed by atoms with Gasteiger partial charge in [-0.3, -0.25) is 4.57 Å². The van der Waals surface area contributed by atoms with Crippen molar-refractivity contribution in [1.82, 2.24) is 14.3 Å². The molecule has 0 amide bonds. The Balaban J connectivity index is 1.37. The van der Waals surface area contributed by atoms with Crippen LogP contribution in [0.5, 0.6) is 0 Å². The van der Waals surface area contributed by atoms with Crippen LogP contribution in [0.4, 0.5) is 32.0 Å². The van der Waals surface area contributed by atoms with E-state index in [-0.39, 0.29) is 36.7 Å². The number of aromatic nitrogens is 3. The van der Waals surface area contributed by atoms with Gasteiger partial charge in [0, 0.05) is 31.7 Å². The first-order chi connectivity index (χ1) is 20.0. The zero-order valence-corrected chi connectivity index (χ0v) is 22.8. The fourth-order valence-electron chi connectivity index (χ4n) is 5.42. The third-order valence-electron chi connectivity index (χ3n) is 7.47. The largest absolute Gasteiger partial charge is 0.416 e. The molecule has 1 aromatic heterocycles. The van der Waals surface area contributed by atoms with Crippen LogP contribution < -0.4 is 10.6 Å². The summed E-state index contributed by atoms with van der Waals surface area (Å²) in [7, 11) is 0. The predicted molar refractivity (Wildman–Crippen MR) is 147 cm³/mol. The van der Waals surface area contributed by atoms with Crippen molar-refractivity contribution in [2.24, 2.45) is 0 Å². The van der Waals surface area contributed by atoms with E-state index in [1.54, 1.807) is 0 Å². The molecule has 4 aromatic rings. The second-order valence-electron chi connectivity index (χ2n) is 10.5. The molecule has 1 aliphatic rings. The lowest BCUT2D eigenvalue weighted by Crippen LogP contribution is -2.32. The maximum Gasteiger partial charge on any atom is 0.416 e. The molecule has 0 bridgehead atoms. The molecule has 3 aromatic carbocycles. The summed E-state index contributed by atoms with van der Waals surface area (Å²) in [6.45, 7) is 2.14. The Kier molecular flexibility index (Phi) is 8.47. The minimum absolute atomic E-state index is 0.00676. The van der Waals surface area contributed by atoms with E-state index in [1.807, 2.05) is 42.5 Å². The molecule has 0 radical (unpaired) electrons. The number of aryl methyl sites for hydroxylation is 4. The van der Waals surface area contributed by atoms with E-state index in [9.17, 15) is 31.1 Å². The SMILES string of the molecule is O=c1n(CCCN2CCCc3ccccc32)nc(CCc2cc(C(F)(F)F)cc(C(F)(F)F)c2)n1Cc1ccccc1. The van der Waals surface area contributed by atoms with Crippen LogP contribution in [-0.2, 0) is 44.7 Å². The number of nitrogens with zero attached hydrogens (tertiary/aromatic N) is 4. The standard InChI is InChI=1S/C31H30F6N4O/c32-30(33,34)25-18-23(19-26(20-25)31(35,36)37)13-14-28-38-41(29(42)40(28)21-22-8-2-1-3-9-22)17-7-16-39-15-6-11-24-10-4-5-12-27(24)39/h1-5,8-10,12,18-20H,6-7,11,13-17,21H2. The van der Waals surface area contributed by atoms with E-state index in [4.69, 9.17) is 0 Å². The number of hydrogen-bond acceptors (Lipinski definition) is 3. The molecule has 0 spiro atoms. The monoisotopic (exact) mass is 588 g/mol. The maximum atomic E-state index is 13.4. The van der Waals surface area contributed by atoms with Crippen molar-refractivity contribution in [2.75, 3.05) is 18.0 Å². The number of rotatable bonds is 9. The molecule has 5 rings (SSSR count). The molecule has 42 heavy (non-hydrogen) atoms. The van der Waals surface area contributed by atoms with Crippen molar-refractivity contribution in [3.05, 3.63) is 117 Å². The van der Waals surface area contributed by atoms with Crippen LogP contribution in [0.2, 0.25) is 0 Å². The number of fused-ring (bicyclic) bond motifs is 1. The molecule has 0 atom stereocenters. The first kappa shape index (κ1) is 29.5. The van der Waals surface area contributed by atoms with Crippen molar-refractivity contribution in [3.63, 3.8) is 0 Å². The molecule has 222 valence electrons. The summed E-state index contributed by atoms with van der Waals surface area (Å²) in [6.07, 6.45) is -7.31. The van der Waals surface area contributed by atoms with Gasteiger partial charge in [0.2, 0.25) is 0 Å². The van der Waals surface area contributed by atoms with Crippen LogP contribution in [-0.4, -0.2) is 27.4 Å².